The molecule has 0 aliphatic heterocycles. The first-order valence-corrected chi connectivity index (χ1v) is 32.7. The van der Waals surface area contributed by atoms with Gasteiger partial charge in [-0.3, -0.25) is 9.59 Å². The van der Waals surface area contributed by atoms with E-state index in [2.05, 4.69) is 13.8 Å². The molecule has 7 aromatic rings. The van der Waals surface area contributed by atoms with Crippen LogP contribution in [0.3, 0.4) is 0 Å². The van der Waals surface area contributed by atoms with Crippen molar-refractivity contribution in [3.63, 3.8) is 0 Å². The standard InChI is InChI=1S/C74H98O10/c1-3-5-7-9-11-15-21-27-48-77-61-40-36-59(37-41-61)69-57-83-71-55-65(44-46-67(71)73(69)75)81-52-31-25-19-13-17-23-29-50-79-63-34-33-35-64(54-63)80-51-30-24-18-14-20-26-32-53-82-66-45-47-68-72(56-66)84-58-70(74(68)76)60-38-42-62(43-39-60)78-49-28-22-16-12-10-8-6-4-2/h33-47,54-58H,3-32,48-53H2,1-2H3. The number of unbranched alkanes of at least 4 members (excludes halogenated alkanes) is 26. The maximum atomic E-state index is 13.4. The summed E-state index contributed by atoms with van der Waals surface area (Å²) >= 11 is 0. The predicted molar refractivity (Wildman–Crippen MR) is 345 cm³/mol. The first-order valence-electron chi connectivity index (χ1n) is 32.7. The minimum atomic E-state index is -0.0513. The number of hydrogen-bond donors (Lipinski definition) is 0. The van der Waals surface area contributed by atoms with Crippen LogP contribution in [0.4, 0.5) is 0 Å². The topological polar surface area (TPSA) is 116 Å². The van der Waals surface area contributed by atoms with Gasteiger partial charge in [0.05, 0.1) is 61.5 Å². The highest BCUT2D eigenvalue weighted by molar-refractivity contribution is 5.83. The van der Waals surface area contributed by atoms with Crippen molar-refractivity contribution in [2.75, 3.05) is 39.6 Å². The molecule has 84 heavy (non-hydrogen) atoms. The van der Waals surface area contributed by atoms with Crippen molar-refractivity contribution in [2.45, 2.75) is 206 Å². The van der Waals surface area contributed by atoms with Gasteiger partial charge in [-0.05, 0) is 110 Å². The molecule has 0 saturated heterocycles. The quantitative estimate of drug-likeness (QED) is 0.0342. The zero-order valence-corrected chi connectivity index (χ0v) is 51.1. The average Bonchev–Trinajstić information content (AvgIpc) is 3.45. The molecule has 5 aromatic carbocycles. The monoisotopic (exact) mass is 1150 g/mol. The van der Waals surface area contributed by atoms with E-state index in [1.165, 1.54) is 128 Å². The molecule has 454 valence electrons. The van der Waals surface area contributed by atoms with Crippen molar-refractivity contribution in [1.29, 1.82) is 0 Å². The molecule has 0 aliphatic carbocycles. The molecule has 0 N–H and O–H groups in total. The Hall–Kier alpha value is -6.68. The Kier molecular flexibility index (Phi) is 30.1. The Bertz CT molecular complexity index is 2810. The summed E-state index contributed by atoms with van der Waals surface area (Å²) < 4.78 is 48.1. The minimum Gasteiger partial charge on any atom is -0.494 e. The molecular formula is C74H98O10. The van der Waals surface area contributed by atoms with Gasteiger partial charge in [-0.25, -0.2) is 0 Å². The lowest BCUT2D eigenvalue weighted by Gasteiger charge is -2.10. The zero-order valence-electron chi connectivity index (χ0n) is 51.1. The van der Waals surface area contributed by atoms with Gasteiger partial charge in [-0.1, -0.05) is 198 Å². The lowest BCUT2D eigenvalue weighted by atomic mass is 10.1. The Morgan fingerprint density at radius 1 is 0.286 bits per heavy atom. The van der Waals surface area contributed by atoms with Crippen LogP contribution < -0.4 is 39.3 Å². The van der Waals surface area contributed by atoms with Gasteiger partial charge in [-0.15, -0.1) is 0 Å². The summed E-state index contributed by atoms with van der Waals surface area (Å²) in [5, 5.41) is 1.09. The van der Waals surface area contributed by atoms with Crippen LogP contribution in [0.15, 0.2) is 140 Å². The van der Waals surface area contributed by atoms with Gasteiger partial charge in [0.15, 0.2) is 10.9 Å². The number of rotatable bonds is 46. The van der Waals surface area contributed by atoms with Gasteiger partial charge in [0.2, 0.25) is 0 Å². The molecular weight excluding hydrogens is 1050 g/mol. The number of ether oxygens (including phenoxy) is 6. The summed E-state index contributed by atoms with van der Waals surface area (Å²) in [6.07, 6.45) is 39.1. The fourth-order valence-corrected chi connectivity index (χ4v) is 10.7. The van der Waals surface area contributed by atoms with Crippen LogP contribution in [-0.4, -0.2) is 39.6 Å². The molecule has 0 atom stereocenters. The van der Waals surface area contributed by atoms with Crippen molar-refractivity contribution < 1.29 is 37.3 Å². The molecule has 10 nitrogen and oxygen atoms in total. The van der Waals surface area contributed by atoms with Crippen LogP contribution in [-0.2, 0) is 0 Å². The minimum absolute atomic E-state index is 0.0513. The second-order valence-corrected chi connectivity index (χ2v) is 22.8. The van der Waals surface area contributed by atoms with Gasteiger partial charge in [-0.2, -0.15) is 0 Å². The first kappa shape index (κ1) is 64.9. The smallest absolute Gasteiger partial charge is 0.200 e. The molecule has 2 heterocycles. The lowest BCUT2D eigenvalue weighted by Crippen LogP contribution is -2.05. The molecule has 0 aliphatic rings. The number of hydrogen-bond acceptors (Lipinski definition) is 10. The molecule has 0 bridgehead atoms. The van der Waals surface area contributed by atoms with Gasteiger partial charge in [0, 0.05) is 18.2 Å². The molecule has 0 amide bonds. The normalized spacial score (nSPS) is 11.4. The Labute approximate surface area is 502 Å². The average molecular weight is 1150 g/mol. The SMILES string of the molecule is CCCCCCCCCCOc1ccc(-c2coc3cc(OCCCCCCCCCOc4cccc(OCCCCCCCCCOc5ccc6c(=O)c(-c7ccc(OCCCCCCCCCC)cc7)coc6c5)c4)ccc3c2=O)cc1. The van der Waals surface area contributed by atoms with Gasteiger partial charge in [0.1, 0.15) is 58.2 Å². The van der Waals surface area contributed by atoms with Crippen LogP contribution in [0.5, 0.6) is 34.5 Å². The second-order valence-electron chi connectivity index (χ2n) is 22.8. The van der Waals surface area contributed by atoms with Gasteiger partial charge in [0.25, 0.3) is 0 Å². The van der Waals surface area contributed by atoms with Crippen molar-refractivity contribution in [3.8, 4) is 56.8 Å². The summed E-state index contributed by atoms with van der Waals surface area (Å²) in [4.78, 5) is 26.9. The summed E-state index contributed by atoms with van der Waals surface area (Å²) in [7, 11) is 0. The Morgan fingerprint density at radius 3 is 0.857 bits per heavy atom. The van der Waals surface area contributed by atoms with Crippen LogP contribution in [0.1, 0.15) is 206 Å². The maximum Gasteiger partial charge on any atom is 0.200 e. The lowest BCUT2D eigenvalue weighted by molar-refractivity contribution is 0.288. The Balaban J connectivity index is 0.652. The van der Waals surface area contributed by atoms with E-state index in [1.807, 2.05) is 109 Å². The largest absolute Gasteiger partial charge is 0.494 e. The maximum absolute atomic E-state index is 13.4. The molecule has 0 spiro atoms. The third-order valence-corrected chi connectivity index (χ3v) is 15.8. The highest BCUT2D eigenvalue weighted by Gasteiger charge is 2.13. The molecule has 7 rings (SSSR count). The van der Waals surface area contributed by atoms with Crippen molar-refractivity contribution in [3.05, 3.63) is 142 Å². The molecule has 0 radical (unpaired) electrons. The summed E-state index contributed by atoms with van der Waals surface area (Å²) in [6, 6.07) is 34.5. The summed E-state index contributed by atoms with van der Waals surface area (Å²) in [6.45, 7) is 8.60. The van der Waals surface area contributed by atoms with E-state index in [1.54, 1.807) is 12.5 Å². The zero-order chi connectivity index (χ0) is 58.5. The highest BCUT2D eigenvalue weighted by Crippen LogP contribution is 2.28. The Morgan fingerprint density at radius 2 is 0.548 bits per heavy atom. The fraction of sp³-hybridized carbons (Fsp3) is 0.514. The molecule has 2 aromatic heterocycles. The number of fused-ring (bicyclic) bond motifs is 2. The second kappa shape index (κ2) is 39.0. The third kappa shape index (κ3) is 23.4. The first-order chi connectivity index (χ1) is 41.5. The van der Waals surface area contributed by atoms with Crippen molar-refractivity contribution >= 4 is 21.9 Å². The highest BCUT2D eigenvalue weighted by atomic mass is 16.5. The number of benzene rings is 5. The predicted octanol–water partition coefficient (Wildman–Crippen LogP) is 20.6. The summed E-state index contributed by atoms with van der Waals surface area (Å²) in [5.41, 5.74) is 3.67. The molecule has 0 unspecified atom stereocenters. The van der Waals surface area contributed by atoms with Gasteiger partial charge < -0.3 is 37.3 Å². The molecule has 10 heteroatoms. The fourth-order valence-electron chi connectivity index (χ4n) is 10.7. The van der Waals surface area contributed by atoms with Crippen LogP contribution in [0, 0.1) is 0 Å². The molecule has 0 saturated carbocycles. The summed E-state index contributed by atoms with van der Waals surface area (Å²) in [5.74, 6) is 4.80. The third-order valence-electron chi connectivity index (χ3n) is 15.8. The van der Waals surface area contributed by atoms with Crippen LogP contribution in [0.2, 0.25) is 0 Å². The van der Waals surface area contributed by atoms with E-state index in [9.17, 15) is 9.59 Å². The van der Waals surface area contributed by atoms with Crippen molar-refractivity contribution in [1.82, 2.24) is 0 Å². The van der Waals surface area contributed by atoms with Crippen LogP contribution >= 0.6 is 0 Å². The van der Waals surface area contributed by atoms with Crippen molar-refractivity contribution in [2.24, 2.45) is 0 Å². The van der Waals surface area contributed by atoms with E-state index in [0.717, 1.165) is 98.3 Å². The van der Waals surface area contributed by atoms with E-state index >= 15 is 0 Å². The van der Waals surface area contributed by atoms with Gasteiger partial charge >= 0.3 is 0 Å². The van der Waals surface area contributed by atoms with E-state index in [-0.39, 0.29) is 10.9 Å². The van der Waals surface area contributed by atoms with E-state index in [0.29, 0.717) is 84.2 Å². The van der Waals surface area contributed by atoms with E-state index < -0.39 is 0 Å². The van der Waals surface area contributed by atoms with E-state index in [4.69, 9.17) is 37.3 Å². The van der Waals surface area contributed by atoms with Crippen LogP contribution in [0.25, 0.3) is 44.2 Å². The molecule has 0 fully saturated rings.